The Morgan fingerprint density at radius 3 is 2.66 bits per heavy atom. The van der Waals surface area contributed by atoms with Crippen LogP contribution < -0.4 is 25.8 Å². The first-order valence-electron chi connectivity index (χ1n) is 11.4. The Balaban J connectivity index is 1.31. The van der Waals surface area contributed by atoms with Crippen molar-refractivity contribution in [3.8, 4) is 6.07 Å². The quantitative estimate of drug-likeness (QED) is 0.368. The number of nitriles is 1. The standard InChI is InChI=1S/C23H22N10O2/c24-12-14-2-1-5-25-20(14)32-8-6-31(7-9-32)18-11-19(27-16-3-4-16)33-21(29-18)15(13-26-33)10-17-22(34)30-23(35)28-17/h1-2,5,10-11,13,16,27H,3-4,6-9H2,(H2,28,30,34,35)/b17-10-. The number of urea groups is 1. The largest absolute Gasteiger partial charge is 0.367 e. The van der Waals surface area contributed by atoms with Crippen LogP contribution in [0.15, 0.2) is 36.3 Å². The fraction of sp³-hybridized carbons (Fsp3) is 0.304. The van der Waals surface area contributed by atoms with Gasteiger partial charge in [0.2, 0.25) is 0 Å². The Kier molecular flexibility index (Phi) is 4.95. The highest BCUT2D eigenvalue weighted by Gasteiger charge is 2.27. The Morgan fingerprint density at radius 2 is 1.94 bits per heavy atom. The molecule has 12 nitrogen and oxygen atoms in total. The van der Waals surface area contributed by atoms with E-state index in [-0.39, 0.29) is 5.70 Å². The summed E-state index contributed by atoms with van der Waals surface area (Å²) in [4.78, 5) is 37.1. The molecule has 0 aromatic carbocycles. The summed E-state index contributed by atoms with van der Waals surface area (Å²) in [7, 11) is 0. The van der Waals surface area contributed by atoms with E-state index < -0.39 is 11.9 Å². The molecule has 3 aromatic heterocycles. The van der Waals surface area contributed by atoms with Gasteiger partial charge in [0, 0.05) is 50.0 Å². The number of anilines is 3. The Hall–Kier alpha value is -4.66. The van der Waals surface area contributed by atoms with Gasteiger partial charge >= 0.3 is 6.03 Å². The molecule has 0 spiro atoms. The van der Waals surface area contributed by atoms with Crippen molar-refractivity contribution >= 4 is 41.1 Å². The first-order chi connectivity index (χ1) is 17.1. The molecule has 0 atom stereocenters. The fourth-order valence-electron chi connectivity index (χ4n) is 4.29. The van der Waals surface area contributed by atoms with Crippen LogP contribution in [0, 0.1) is 11.3 Å². The van der Waals surface area contributed by atoms with Gasteiger partial charge in [-0.25, -0.2) is 14.8 Å². The van der Waals surface area contributed by atoms with E-state index in [0.29, 0.717) is 54.8 Å². The van der Waals surface area contributed by atoms with Crippen LogP contribution >= 0.6 is 0 Å². The number of rotatable bonds is 5. The number of fused-ring (bicyclic) bond motifs is 1. The zero-order chi connectivity index (χ0) is 23.9. The Morgan fingerprint density at radius 1 is 1.14 bits per heavy atom. The van der Waals surface area contributed by atoms with Crippen LogP contribution in [0.25, 0.3) is 11.7 Å². The van der Waals surface area contributed by atoms with Gasteiger partial charge in [0.05, 0.1) is 11.8 Å². The summed E-state index contributed by atoms with van der Waals surface area (Å²) in [5.74, 6) is 1.85. The molecule has 35 heavy (non-hydrogen) atoms. The smallest absolute Gasteiger partial charge is 0.326 e. The van der Waals surface area contributed by atoms with Crippen molar-refractivity contribution in [3.05, 3.63) is 47.4 Å². The minimum atomic E-state index is -0.548. The first kappa shape index (κ1) is 20.9. The topological polar surface area (TPSA) is 144 Å². The molecule has 0 unspecified atom stereocenters. The van der Waals surface area contributed by atoms with E-state index in [4.69, 9.17) is 4.98 Å². The lowest BCUT2D eigenvalue weighted by Gasteiger charge is -2.36. The average Bonchev–Trinajstić information content (AvgIpc) is 3.51. The van der Waals surface area contributed by atoms with E-state index in [2.05, 4.69) is 41.9 Å². The predicted octanol–water partition coefficient (Wildman–Crippen LogP) is 1.08. The maximum Gasteiger partial charge on any atom is 0.326 e. The summed E-state index contributed by atoms with van der Waals surface area (Å²) in [6.07, 6.45) is 7.14. The summed E-state index contributed by atoms with van der Waals surface area (Å²) in [5.41, 5.74) is 1.94. The van der Waals surface area contributed by atoms with Gasteiger partial charge in [0.15, 0.2) is 5.65 Å². The number of piperazine rings is 1. The minimum absolute atomic E-state index is 0.158. The number of carbonyl (C=O) groups is 2. The van der Waals surface area contributed by atoms with E-state index in [1.807, 2.05) is 6.07 Å². The molecule has 3 N–H and O–H groups in total. The van der Waals surface area contributed by atoms with Crippen molar-refractivity contribution in [2.24, 2.45) is 0 Å². The lowest BCUT2D eigenvalue weighted by atomic mass is 10.2. The molecule has 0 radical (unpaired) electrons. The highest BCUT2D eigenvalue weighted by Crippen LogP contribution is 2.29. The van der Waals surface area contributed by atoms with E-state index >= 15 is 0 Å². The fourth-order valence-corrected chi connectivity index (χ4v) is 4.29. The molecule has 3 fully saturated rings. The second kappa shape index (κ2) is 8.28. The second-order valence-electron chi connectivity index (χ2n) is 8.68. The Labute approximate surface area is 200 Å². The van der Waals surface area contributed by atoms with Crippen molar-refractivity contribution in [2.45, 2.75) is 18.9 Å². The number of hydrogen-bond acceptors (Lipinski definition) is 9. The lowest BCUT2D eigenvalue weighted by molar-refractivity contribution is -0.115. The lowest BCUT2D eigenvalue weighted by Crippen LogP contribution is -2.47. The number of aromatic nitrogens is 4. The molecule has 1 aliphatic carbocycles. The minimum Gasteiger partial charge on any atom is -0.367 e. The van der Waals surface area contributed by atoms with Gasteiger partial charge in [-0.1, -0.05) is 0 Å². The van der Waals surface area contributed by atoms with E-state index in [1.54, 1.807) is 35.1 Å². The van der Waals surface area contributed by atoms with Crippen molar-refractivity contribution in [2.75, 3.05) is 41.3 Å². The highest BCUT2D eigenvalue weighted by atomic mass is 16.2. The van der Waals surface area contributed by atoms with Crippen molar-refractivity contribution in [1.82, 2.24) is 30.2 Å². The summed E-state index contributed by atoms with van der Waals surface area (Å²) >= 11 is 0. The third-order valence-corrected chi connectivity index (χ3v) is 6.24. The summed E-state index contributed by atoms with van der Waals surface area (Å²) in [6, 6.07) is 7.62. The van der Waals surface area contributed by atoms with Crippen LogP contribution in [0.4, 0.5) is 22.2 Å². The number of nitrogens with one attached hydrogen (secondary N) is 3. The van der Waals surface area contributed by atoms with Crippen LogP contribution in [0.3, 0.4) is 0 Å². The average molecular weight is 470 g/mol. The van der Waals surface area contributed by atoms with Crippen molar-refractivity contribution in [3.63, 3.8) is 0 Å². The molecule has 2 aliphatic heterocycles. The zero-order valence-electron chi connectivity index (χ0n) is 18.7. The Bertz CT molecular complexity index is 1410. The molecule has 1 saturated carbocycles. The van der Waals surface area contributed by atoms with Crippen LogP contribution in [0.2, 0.25) is 0 Å². The summed E-state index contributed by atoms with van der Waals surface area (Å²) in [6.45, 7) is 2.81. The SMILES string of the molecule is N#Cc1cccnc1N1CCN(c2cc(NC3CC3)n3ncc(/C=C4\NC(=O)NC4=O)c3n2)CC1. The maximum absolute atomic E-state index is 12.0. The molecule has 3 amide bonds. The number of imide groups is 1. The number of nitrogens with zero attached hydrogens (tertiary/aromatic N) is 7. The summed E-state index contributed by atoms with van der Waals surface area (Å²) < 4.78 is 1.73. The molecule has 3 aromatic rings. The molecule has 2 saturated heterocycles. The maximum atomic E-state index is 12.0. The molecule has 176 valence electrons. The van der Waals surface area contributed by atoms with Gasteiger partial charge < -0.3 is 20.4 Å². The third-order valence-electron chi connectivity index (χ3n) is 6.24. The van der Waals surface area contributed by atoms with E-state index in [9.17, 15) is 14.9 Å². The van der Waals surface area contributed by atoms with Gasteiger partial charge in [0.25, 0.3) is 5.91 Å². The normalized spacial score (nSPS) is 19.1. The van der Waals surface area contributed by atoms with Gasteiger partial charge in [-0.15, -0.1) is 0 Å². The second-order valence-corrected chi connectivity index (χ2v) is 8.68. The molecular weight excluding hydrogens is 448 g/mol. The van der Waals surface area contributed by atoms with E-state index in [0.717, 1.165) is 24.5 Å². The number of amides is 3. The van der Waals surface area contributed by atoms with Gasteiger partial charge in [-0.05, 0) is 31.1 Å². The first-order valence-corrected chi connectivity index (χ1v) is 11.4. The number of pyridine rings is 1. The van der Waals surface area contributed by atoms with Gasteiger partial charge in [-0.3, -0.25) is 10.1 Å². The number of hydrogen-bond donors (Lipinski definition) is 3. The van der Waals surface area contributed by atoms with Gasteiger partial charge in [0.1, 0.15) is 29.2 Å². The molecule has 5 heterocycles. The van der Waals surface area contributed by atoms with Crippen molar-refractivity contribution in [1.29, 1.82) is 5.26 Å². The summed E-state index contributed by atoms with van der Waals surface area (Å²) in [5, 5.41) is 22.1. The molecule has 0 bridgehead atoms. The monoisotopic (exact) mass is 470 g/mol. The molecule has 12 heteroatoms. The predicted molar refractivity (Wildman–Crippen MR) is 128 cm³/mol. The van der Waals surface area contributed by atoms with Crippen molar-refractivity contribution < 1.29 is 9.59 Å². The highest BCUT2D eigenvalue weighted by molar-refractivity contribution is 6.14. The number of carbonyl (C=O) groups excluding carboxylic acids is 2. The van der Waals surface area contributed by atoms with Crippen LogP contribution in [-0.4, -0.2) is 63.7 Å². The molecular formula is C23H22N10O2. The molecule has 6 rings (SSSR count). The third kappa shape index (κ3) is 3.97. The van der Waals surface area contributed by atoms with Crippen LogP contribution in [-0.2, 0) is 4.79 Å². The van der Waals surface area contributed by atoms with Gasteiger partial charge in [-0.2, -0.15) is 14.9 Å². The van der Waals surface area contributed by atoms with E-state index in [1.165, 1.54) is 0 Å². The van der Waals surface area contributed by atoms with Crippen LogP contribution in [0.5, 0.6) is 0 Å². The molecule has 3 aliphatic rings. The van der Waals surface area contributed by atoms with Crippen LogP contribution in [0.1, 0.15) is 24.0 Å². The zero-order valence-corrected chi connectivity index (χ0v) is 18.7.